The van der Waals surface area contributed by atoms with Crippen molar-refractivity contribution in [2.75, 3.05) is 6.79 Å². The van der Waals surface area contributed by atoms with Gasteiger partial charge in [-0.05, 0) is 86.6 Å². The molecule has 30 heavy (non-hydrogen) atoms. The van der Waals surface area contributed by atoms with E-state index in [-0.39, 0.29) is 12.7 Å². The lowest BCUT2D eigenvalue weighted by molar-refractivity contribution is 0.0954. The Morgan fingerprint density at radius 3 is 2.53 bits per heavy atom. The number of fused-ring (bicyclic) bond motifs is 1. The van der Waals surface area contributed by atoms with Gasteiger partial charge in [0.1, 0.15) is 12.4 Å². The van der Waals surface area contributed by atoms with Crippen LogP contribution in [0.3, 0.4) is 0 Å². The Bertz CT molecular complexity index is 1080. The van der Waals surface area contributed by atoms with Crippen LogP contribution in [-0.2, 0) is 6.61 Å². The summed E-state index contributed by atoms with van der Waals surface area (Å²) in [4.78, 5) is 12.3. The van der Waals surface area contributed by atoms with E-state index in [1.807, 2.05) is 42.5 Å². The third-order valence-electron chi connectivity index (χ3n) is 4.26. The fraction of sp³-hybridized carbons (Fsp3) is 0.0909. The molecular weight excluding hydrogens is 610 g/mol. The highest BCUT2D eigenvalue weighted by Crippen LogP contribution is 2.32. The molecule has 1 heterocycles. The number of carbonyl (C=O) groups is 1. The van der Waals surface area contributed by atoms with Crippen molar-refractivity contribution in [3.63, 3.8) is 0 Å². The molecule has 3 aromatic rings. The predicted molar refractivity (Wildman–Crippen MR) is 130 cm³/mol. The molecule has 3 aromatic carbocycles. The van der Waals surface area contributed by atoms with Crippen molar-refractivity contribution in [2.45, 2.75) is 6.61 Å². The van der Waals surface area contributed by atoms with Gasteiger partial charge in [0.15, 0.2) is 11.5 Å². The number of benzene rings is 3. The molecule has 152 valence electrons. The molecule has 1 aliphatic heterocycles. The van der Waals surface area contributed by atoms with E-state index in [1.165, 1.54) is 0 Å². The van der Waals surface area contributed by atoms with Crippen LogP contribution in [0.25, 0.3) is 0 Å². The molecule has 4 rings (SSSR count). The molecule has 0 saturated heterocycles. The van der Waals surface area contributed by atoms with Gasteiger partial charge in [-0.15, -0.1) is 0 Å². The number of amides is 1. The summed E-state index contributed by atoms with van der Waals surface area (Å²) in [5, 5.41) is 4.07. The Morgan fingerprint density at radius 1 is 1.03 bits per heavy atom. The number of rotatable bonds is 6. The molecule has 0 saturated carbocycles. The summed E-state index contributed by atoms with van der Waals surface area (Å²) in [5.74, 6) is 1.70. The van der Waals surface area contributed by atoms with Gasteiger partial charge in [0.25, 0.3) is 5.91 Å². The molecule has 1 N–H and O–H groups in total. The van der Waals surface area contributed by atoms with Crippen molar-refractivity contribution in [3.8, 4) is 17.2 Å². The first kappa shape index (κ1) is 20.9. The Labute approximate surface area is 200 Å². The molecule has 0 aliphatic carbocycles. The number of carbonyl (C=O) groups excluding carboxylic acids is 1. The van der Waals surface area contributed by atoms with Gasteiger partial charge in [-0.25, -0.2) is 5.43 Å². The van der Waals surface area contributed by atoms with Crippen LogP contribution in [0.15, 0.2) is 65.8 Å². The van der Waals surface area contributed by atoms with Gasteiger partial charge in [-0.3, -0.25) is 4.79 Å². The van der Waals surface area contributed by atoms with E-state index >= 15 is 0 Å². The van der Waals surface area contributed by atoms with Crippen LogP contribution in [0.2, 0.25) is 0 Å². The standard InChI is InChI=1S/C22H16I2N2O4/c23-17-8-15(9-18(24)21(17)28-12-14-4-2-1-3-5-14)11-25-26-22(27)16-6-7-19-20(10-16)30-13-29-19/h1-11H,12-13H2,(H,26,27)/b25-11-. The SMILES string of the molecule is O=C(N/N=C\c1cc(I)c(OCc2ccccc2)c(I)c1)c1ccc2c(c1)OCO2. The second-order valence-corrected chi connectivity index (χ2v) is 8.68. The third-order valence-corrected chi connectivity index (χ3v) is 5.86. The van der Waals surface area contributed by atoms with Crippen LogP contribution in [0, 0.1) is 7.14 Å². The fourth-order valence-electron chi connectivity index (χ4n) is 2.79. The number of nitrogens with zero attached hydrogens (tertiary/aromatic N) is 1. The van der Waals surface area contributed by atoms with E-state index in [0.29, 0.717) is 23.7 Å². The first-order chi connectivity index (χ1) is 14.6. The van der Waals surface area contributed by atoms with Crippen LogP contribution >= 0.6 is 45.2 Å². The van der Waals surface area contributed by atoms with E-state index in [1.54, 1.807) is 24.4 Å². The number of hydrogen-bond acceptors (Lipinski definition) is 5. The molecule has 6 nitrogen and oxygen atoms in total. The van der Waals surface area contributed by atoms with Crippen LogP contribution in [0.1, 0.15) is 21.5 Å². The van der Waals surface area contributed by atoms with E-state index in [9.17, 15) is 4.79 Å². The fourth-order valence-corrected chi connectivity index (χ4v) is 4.92. The van der Waals surface area contributed by atoms with Crippen molar-refractivity contribution >= 4 is 57.3 Å². The molecule has 0 aromatic heterocycles. The normalized spacial score (nSPS) is 12.2. The van der Waals surface area contributed by atoms with E-state index < -0.39 is 0 Å². The van der Waals surface area contributed by atoms with Crippen LogP contribution in [0.4, 0.5) is 0 Å². The van der Waals surface area contributed by atoms with Gasteiger partial charge in [-0.1, -0.05) is 30.3 Å². The highest BCUT2D eigenvalue weighted by molar-refractivity contribution is 14.1. The van der Waals surface area contributed by atoms with Gasteiger partial charge >= 0.3 is 0 Å². The monoisotopic (exact) mass is 626 g/mol. The molecule has 0 bridgehead atoms. The zero-order valence-electron chi connectivity index (χ0n) is 15.6. The smallest absolute Gasteiger partial charge is 0.271 e. The minimum atomic E-state index is -0.322. The summed E-state index contributed by atoms with van der Waals surface area (Å²) < 4.78 is 18.5. The zero-order valence-corrected chi connectivity index (χ0v) is 19.9. The van der Waals surface area contributed by atoms with Crippen LogP contribution < -0.4 is 19.6 Å². The van der Waals surface area contributed by atoms with Crippen molar-refractivity contribution in [1.82, 2.24) is 5.43 Å². The van der Waals surface area contributed by atoms with Crippen molar-refractivity contribution in [2.24, 2.45) is 5.10 Å². The molecule has 1 amide bonds. The molecule has 1 aliphatic rings. The van der Waals surface area contributed by atoms with Gasteiger partial charge in [0, 0.05) is 5.56 Å². The van der Waals surface area contributed by atoms with Crippen LogP contribution in [0.5, 0.6) is 17.2 Å². The van der Waals surface area contributed by atoms with Crippen molar-refractivity contribution < 1.29 is 19.0 Å². The van der Waals surface area contributed by atoms with Gasteiger partial charge in [-0.2, -0.15) is 5.10 Å². The number of hydrogen-bond donors (Lipinski definition) is 1. The Morgan fingerprint density at radius 2 is 1.77 bits per heavy atom. The van der Waals surface area contributed by atoms with E-state index in [0.717, 1.165) is 24.0 Å². The Balaban J connectivity index is 1.39. The average Bonchev–Trinajstić information content (AvgIpc) is 3.22. The summed E-state index contributed by atoms with van der Waals surface area (Å²) >= 11 is 4.48. The molecule has 0 fully saturated rings. The Kier molecular flexibility index (Phi) is 6.72. The lowest BCUT2D eigenvalue weighted by Crippen LogP contribution is -2.17. The lowest BCUT2D eigenvalue weighted by Gasteiger charge is -2.11. The second-order valence-electron chi connectivity index (χ2n) is 6.36. The van der Waals surface area contributed by atoms with E-state index in [4.69, 9.17) is 14.2 Å². The lowest BCUT2D eigenvalue weighted by atomic mass is 10.2. The molecule has 0 atom stereocenters. The highest BCUT2D eigenvalue weighted by Gasteiger charge is 2.16. The largest absolute Gasteiger partial charge is 0.487 e. The molecule has 0 unspecified atom stereocenters. The quantitative estimate of drug-likeness (QED) is 0.239. The van der Waals surface area contributed by atoms with Crippen molar-refractivity contribution in [1.29, 1.82) is 0 Å². The first-order valence-electron chi connectivity index (χ1n) is 8.99. The Hall–Kier alpha value is -2.34. The summed E-state index contributed by atoms with van der Waals surface area (Å²) in [6, 6.07) is 19.0. The molecule has 0 spiro atoms. The average molecular weight is 626 g/mol. The minimum absolute atomic E-state index is 0.168. The maximum atomic E-state index is 12.3. The number of halogens is 2. The molecule has 0 radical (unpaired) electrons. The van der Waals surface area contributed by atoms with Gasteiger partial charge in [0.05, 0.1) is 13.4 Å². The number of ether oxygens (including phenoxy) is 3. The predicted octanol–water partition coefficient (Wildman–Crippen LogP) is 4.97. The minimum Gasteiger partial charge on any atom is -0.487 e. The zero-order chi connectivity index (χ0) is 20.9. The number of hydrazone groups is 1. The van der Waals surface area contributed by atoms with Crippen LogP contribution in [-0.4, -0.2) is 18.9 Å². The summed E-state index contributed by atoms with van der Waals surface area (Å²) in [6.45, 7) is 0.673. The summed E-state index contributed by atoms with van der Waals surface area (Å²) in [7, 11) is 0. The number of nitrogens with one attached hydrogen (secondary N) is 1. The highest BCUT2D eigenvalue weighted by atomic mass is 127. The molecule has 8 heteroatoms. The maximum absolute atomic E-state index is 12.3. The molecular formula is C22H16I2N2O4. The second kappa shape index (κ2) is 9.65. The van der Waals surface area contributed by atoms with E-state index in [2.05, 4.69) is 55.7 Å². The maximum Gasteiger partial charge on any atom is 0.271 e. The van der Waals surface area contributed by atoms with Gasteiger partial charge < -0.3 is 14.2 Å². The first-order valence-corrected chi connectivity index (χ1v) is 11.1. The third kappa shape index (κ3) is 5.04. The van der Waals surface area contributed by atoms with Crippen molar-refractivity contribution in [3.05, 3.63) is 84.5 Å². The topological polar surface area (TPSA) is 69.2 Å². The van der Waals surface area contributed by atoms with Gasteiger partial charge in [0.2, 0.25) is 6.79 Å². The summed E-state index contributed by atoms with van der Waals surface area (Å²) in [5.41, 5.74) is 4.96. The summed E-state index contributed by atoms with van der Waals surface area (Å²) in [6.07, 6.45) is 1.61.